The first-order chi connectivity index (χ1) is 14.4. The standard InChI is InChI=1S/C22H24N4O3S/c1-3-24-30(28,29)21-11-6-18(7-12-21)8-13-22(27)25-20-9-4-19(5-10-20)16-26-15-14-23-17(26)2/h4-15,24H,3,16H2,1-2H3,(H,25,27)/b13-8+. The summed E-state index contributed by atoms with van der Waals surface area (Å²) in [6.45, 7) is 4.73. The highest BCUT2D eigenvalue weighted by molar-refractivity contribution is 7.89. The van der Waals surface area contributed by atoms with Crippen LogP contribution in [0.15, 0.2) is 71.9 Å². The summed E-state index contributed by atoms with van der Waals surface area (Å²) in [7, 11) is -3.48. The van der Waals surface area contributed by atoms with Crippen LogP contribution in [0.25, 0.3) is 6.08 Å². The Kier molecular flexibility index (Phi) is 6.81. The number of aryl methyl sites for hydroxylation is 1. The lowest BCUT2D eigenvalue weighted by Gasteiger charge is -2.07. The number of imidazole rings is 1. The zero-order valence-electron chi connectivity index (χ0n) is 16.9. The summed E-state index contributed by atoms with van der Waals surface area (Å²) < 4.78 is 28.4. The van der Waals surface area contributed by atoms with Gasteiger partial charge in [0, 0.05) is 37.2 Å². The largest absolute Gasteiger partial charge is 0.331 e. The van der Waals surface area contributed by atoms with Crippen LogP contribution in [-0.4, -0.2) is 30.4 Å². The van der Waals surface area contributed by atoms with Gasteiger partial charge in [-0.05, 0) is 48.4 Å². The fourth-order valence-corrected chi connectivity index (χ4v) is 3.89. The molecule has 0 radical (unpaired) electrons. The minimum Gasteiger partial charge on any atom is -0.331 e. The molecule has 1 heterocycles. The van der Waals surface area contributed by atoms with E-state index in [4.69, 9.17) is 0 Å². The summed E-state index contributed by atoms with van der Waals surface area (Å²) in [6, 6.07) is 14.0. The molecule has 0 aliphatic heterocycles. The zero-order chi connectivity index (χ0) is 21.6. The quantitative estimate of drug-likeness (QED) is 0.543. The molecule has 0 saturated carbocycles. The molecule has 0 spiro atoms. The Morgan fingerprint density at radius 2 is 1.80 bits per heavy atom. The predicted octanol–water partition coefficient (Wildman–Crippen LogP) is 3.19. The van der Waals surface area contributed by atoms with Crippen LogP contribution in [0.5, 0.6) is 0 Å². The Hall–Kier alpha value is -3.23. The van der Waals surface area contributed by atoms with Crippen LogP contribution in [0.2, 0.25) is 0 Å². The lowest BCUT2D eigenvalue weighted by Crippen LogP contribution is -2.22. The van der Waals surface area contributed by atoms with Crippen molar-refractivity contribution < 1.29 is 13.2 Å². The average molecular weight is 425 g/mol. The van der Waals surface area contributed by atoms with Crippen molar-refractivity contribution in [1.29, 1.82) is 0 Å². The molecule has 0 unspecified atom stereocenters. The van der Waals surface area contributed by atoms with Gasteiger partial charge < -0.3 is 9.88 Å². The van der Waals surface area contributed by atoms with Crippen LogP contribution in [0.3, 0.4) is 0 Å². The molecule has 30 heavy (non-hydrogen) atoms. The molecule has 0 aliphatic carbocycles. The smallest absolute Gasteiger partial charge is 0.248 e. The summed E-state index contributed by atoms with van der Waals surface area (Å²) in [4.78, 5) is 16.6. The molecule has 156 valence electrons. The van der Waals surface area contributed by atoms with Crippen LogP contribution >= 0.6 is 0 Å². The van der Waals surface area contributed by atoms with Gasteiger partial charge in [-0.15, -0.1) is 0 Å². The second-order valence-corrected chi connectivity index (χ2v) is 8.46. The molecule has 1 aromatic heterocycles. The van der Waals surface area contributed by atoms with Crippen molar-refractivity contribution in [1.82, 2.24) is 14.3 Å². The molecule has 0 atom stereocenters. The number of benzene rings is 2. The van der Waals surface area contributed by atoms with E-state index in [-0.39, 0.29) is 10.8 Å². The van der Waals surface area contributed by atoms with Crippen molar-refractivity contribution in [2.24, 2.45) is 0 Å². The second kappa shape index (κ2) is 9.51. The summed E-state index contributed by atoms with van der Waals surface area (Å²) >= 11 is 0. The number of rotatable bonds is 8. The van der Waals surface area contributed by atoms with Gasteiger partial charge in [0.25, 0.3) is 0 Å². The number of carbonyl (C=O) groups excluding carboxylic acids is 1. The number of nitrogens with one attached hydrogen (secondary N) is 2. The van der Waals surface area contributed by atoms with Crippen LogP contribution in [-0.2, 0) is 21.4 Å². The van der Waals surface area contributed by atoms with Gasteiger partial charge in [-0.1, -0.05) is 31.2 Å². The minimum atomic E-state index is -3.48. The van der Waals surface area contributed by atoms with E-state index in [9.17, 15) is 13.2 Å². The summed E-state index contributed by atoms with van der Waals surface area (Å²) in [6.07, 6.45) is 6.74. The van der Waals surface area contributed by atoms with E-state index in [0.29, 0.717) is 12.2 Å². The van der Waals surface area contributed by atoms with Crippen molar-refractivity contribution in [3.8, 4) is 0 Å². The van der Waals surface area contributed by atoms with Gasteiger partial charge in [0.2, 0.25) is 15.9 Å². The number of hydrogen-bond acceptors (Lipinski definition) is 4. The first-order valence-electron chi connectivity index (χ1n) is 9.53. The fraction of sp³-hybridized carbons (Fsp3) is 0.182. The normalized spacial score (nSPS) is 11.7. The van der Waals surface area contributed by atoms with E-state index in [0.717, 1.165) is 23.5 Å². The van der Waals surface area contributed by atoms with Crippen molar-refractivity contribution in [2.45, 2.75) is 25.3 Å². The Balaban J connectivity index is 1.57. The molecule has 0 aliphatic rings. The average Bonchev–Trinajstić information content (AvgIpc) is 3.13. The van der Waals surface area contributed by atoms with E-state index in [2.05, 4.69) is 15.0 Å². The summed E-state index contributed by atoms with van der Waals surface area (Å²) in [5.74, 6) is 0.683. The minimum absolute atomic E-state index is 0.192. The highest BCUT2D eigenvalue weighted by Crippen LogP contribution is 2.13. The van der Waals surface area contributed by atoms with Gasteiger partial charge in [-0.3, -0.25) is 4.79 Å². The number of sulfonamides is 1. The van der Waals surface area contributed by atoms with Crippen LogP contribution < -0.4 is 10.0 Å². The highest BCUT2D eigenvalue weighted by atomic mass is 32.2. The Morgan fingerprint density at radius 3 is 2.40 bits per heavy atom. The molecule has 3 aromatic rings. The molecule has 3 rings (SSSR count). The third-order valence-electron chi connectivity index (χ3n) is 4.45. The van der Waals surface area contributed by atoms with E-state index < -0.39 is 10.0 Å². The van der Waals surface area contributed by atoms with E-state index in [1.54, 1.807) is 31.3 Å². The fourth-order valence-electron chi connectivity index (χ4n) is 2.85. The van der Waals surface area contributed by atoms with E-state index in [1.165, 1.54) is 18.2 Å². The molecular formula is C22H24N4O3S. The third kappa shape index (κ3) is 5.65. The number of nitrogens with zero attached hydrogens (tertiary/aromatic N) is 2. The van der Waals surface area contributed by atoms with Gasteiger partial charge >= 0.3 is 0 Å². The molecule has 7 nitrogen and oxygen atoms in total. The van der Waals surface area contributed by atoms with Gasteiger partial charge in [0.15, 0.2) is 0 Å². The number of carbonyl (C=O) groups is 1. The maximum Gasteiger partial charge on any atom is 0.248 e. The first kappa shape index (κ1) is 21.5. The van der Waals surface area contributed by atoms with Gasteiger partial charge in [-0.25, -0.2) is 18.1 Å². The van der Waals surface area contributed by atoms with Crippen molar-refractivity contribution in [3.05, 3.63) is 84.0 Å². The van der Waals surface area contributed by atoms with Gasteiger partial charge in [-0.2, -0.15) is 0 Å². The Morgan fingerprint density at radius 1 is 1.10 bits per heavy atom. The third-order valence-corrected chi connectivity index (χ3v) is 6.01. The first-order valence-corrected chi connectivity index (χ1v) is 11.0. The topological polar surface area (TPSA) is 93.1 Å². The van der Waals surface area contributed by atoms with Crippen LogP contribution in [0, 0.1) is 6.92 Å². The highest BCUT2D eigenvalue weighted by Gasteiger charge is 2.11. The molecular weight excluding hydrogens is 400 g/mol. The second-order valence-electron chi connectivity index (χ2n) is 6.69. The van der Waals surface area contributed by atoms with E-state index in [1.807, 2.05) is 42.0 Å². The Labute approximate surface area is 176 Å². The van der Waals surface area contributed by atoms with Crippen molar-refractivity contribution in [3.63, 3.8) is 0 Å². The van der Waals surface area contributed by atoms with Gasteiger partial charge in [0.05, 0.1) is 4.90 Å². The molecule has 0 fully saturated rings. The maximum atomic E-state index is 12.2. The van der Waals surface area contributed by atoms with Crippen LogP contribution in [0.1, 0.15) is 23.9 Å². The van der Waals surface area contributed by atoms with Crippen molar-refractivity contribution in [2.75, 3.05) is 11.9 Å². The number of amides is 1. The predicted molar refractivity (Wildman–Crippen MR) is 117 cm³/mol. The maximum absolute atomic E-state index is 12.2. The lowest BCUT2D eigenvalue weighted by atomic mass is 10.2. The number of aromatic nitrogens is 2. The van der Waals surface area contributed by atoms with Gasteiger partial charge in [0.1, 0.15) is 5.82 Å². The molecule has 1 amide bonds. The zero-order valence-corrected chi connectivity index (χ0v) is 17.7. The molecule has 0 saturated heterocycles. The molecule has 0 bridgehead atoms. The number of hydrogen-bond donors (Lipinski definition) is 2. The molecule has 2 aromatic carbocycles. The molecule has 2 N–H and O–H groups in total. The summed E-state index contributed by atoms with van der Waals surface area (Å²) in [5.41, 5.74) is 2.53. The lowest BCUT2D eigenvalue weighted by molar-refractivity contribution is -0.111. The van der Waals surface area contributed by atoms with E-state index >= 15 is 0 Å². The molecule has 8 heteroatoms. The summed E-state index contributed by atoms with van der Waals surface area (Å²) in [5, 5.41) is 2.81. The number of anilines is 1. The monoisotopic (exact) mass is 424 g/mol. The Bertz CT molecular complexity index is 1130. The van der Waals surface area contributed by atoms with Crippen molar-refractivity contribution >= 4 is 27.7 Å². The van der Waals surface area contributed by atoms with Crippen LogP contribution in [0.4, 0.5) is 5.69 Å². The SMILES string of the molecule is CCNS(=O)(=O)c1ccc(/C=C/C(=O)Nc2ccc(Cn3ccnc3C)cc2)cc1.